The highest BCUT2D eigenvalue weighted by Gasteiger charge is 2.15. The number of ether oxygens (including phenoxy) is 1. The SMILES string of the molecule is CC(C)Oc1ccccc1C(=O)Nc1cc(Cl)ccc1F. The van der Waals surface area contributed by atoms with E-state index in [1.165, 1.54) is 18.2 Å². The number of nitrogens with one attached hydrogen (secondary N) is 1. The Hall–Kier alpha value is -2.07. The molecule has 0 fully saturated rings. The molecule has 0 aliphatic rings. The summed E-state index contributed by atoms with van der Waals surface area (Å²) in [7, 11) is 0. The van der Waals surface area contributed by atoms with E-state index >= 15 is 0 Å². The van der Waals surface area contributed by atoms with Crippen LogP contribution >= 0.6 is 11.6 Å². The van der Waals surface area contributed by atoms with Crippen LogP contribution in [0.25, 0.3) is 0 Å². The molecule has 0 aliphatic carbocycles. The number of benzene rings is 2. The maximum atomic E-state index is 13.7. The van der Waals surface area contributed by atoms with Crippen molar-refractivity contribution in [2.45, 2.75) is 20.0 Å². The van der Waals surface area contributed by atoms with Crippen molar-refractivity contribution in [1.29, 1.82) is 0 Å². The molecule has 1 N–H and O–H groups in total. The van der Waals surface area contributed by atoms with E-state index in [0.29, 0.717) is 16.3 Å². The lowest BCUT2D eigenvalue weighted by atomic mass is 10.1. The van der Waals surface area contributed by atoms with Gasteiger partial charge < -0.3 is 10.1 Å². The number of halogens is 2. The Morgan fingerprint density at radius 3 is 2.67 bits per heavy atom. The van der Waals surface area contributed by atoms with Crippen molar-refractivity contribution in [3.63, 3.8) is 0 Å². The highest BCUT2D eigenvalue weighted by atomic mass is 35.5. The second kappa shape index (κ2) is 6.59. The number of hydrogen-bond acceptors (Lipinski definition) is 2. The molecule has 0 saturated heterocycles. The number of carbonyl (C=O) groups is 1. The van der Waals surface area contributed by atoms with Crippen LogP contribution in [0.4, 0.5) is 10.1 Å². The van der Waals surface area contributed by atoms with Gasteiger partial charge >= 0.3 is 0 Å². The van der Waals surface area contributed by atoms with Crippen LogP contribution in [0.2, 0.25) is 5.02 Å². The van der Waals surface area contributed by atoms with Crippen molar-refractivity contribution < 1.29 is 13.9 Å². The van der Waals surface area contributed by atoms with Crippen LogP contribution in [0.5, 0.6) is 5.75 Å². The summed E-state index contributed by atoms with van der Waals surface area (Å²) in [5.41, 5.74) is 0.373. The fourth-order valence-corrected chi connectivity index (χ4v) is 1.97. The van der Waals surface area contributed by atoms with Crippen LogP contribution in [0.15, 0.2) is 42.5 Å². The molecule has 2 rings (SSSR count). The van der Waals surface area contributed by atoms with Crippen LogP contribution in [-0.2, 0) is 0 Å². The van der Waals surface area contributed by atoms with Gasteiger partial charge in [-0.3, -0.25) is 4.79 Å². The zero-order chi connectivity index (χ0) is 15.4. The fourth-order valence-electron chi connectivity index (χ4n) is 1.79. The molecule has 0 heterocycles. The quantitative estimate of drug-likeness (QED) is 0.902. The molecule has 3 nitrogen and oxygen atoms in total. The van der Waals surface area contributed by atoms with Gasteiger partial charge in [0.15, 0.2) is 0 Å². The second-order valence-corrected chi connectivity index (χ2v) is 5.18. The molecular weight excluding hydrogens is 293 g/mol. The molecule has 0 radical (unpaired) electrons. The van der Waals surface area contributed by atoms with Gasteiger partial charge in [0.25, 0.3) is 5.91 Å². The molecule has 0 saturated carbocycles. The number of hydrogen-bond donors (Lipinski definition) is 1. The first-order valence-electron chi connectivity index (χ1n) is 6.49. The zero-order valence-corrected chi connectivity index (χ0v) is 12.4. The van der Waals surface area contributed by atoms with Crippen molar-refractivity contribution in [3.05, 3.63) is 58.9 Å². The Bertz CT molecular complexity index is 658. The van der Waals surface area contributed by atoms with Gasteiger partial charge in [-0.15, -0.1) is 0 Å². The topological polar surface area (TPSA) is 38.3 Å². The Morgan fingerprint density at radius 1 is 1.24 bits per heavy atom. The van der Waals surface area contributed by atoms with Gasteiger partial charge in [-0.2, -0.15) is 0 Å². The van der Waals surface area contributed by atoms with Gasteiger partial charge in [0.1, 0.15) is 11.6 Å². The Balaban J connectivity index is 2.26. The van der Waals surface area contributed by atoms with Crippen LogP contribution < -0.4 is 10.1 Å². The molecule has 1 amide bonds. The average Bonchev–Trinajstić information content (AvgIpc) is 2.42. The first-order chi connectivity index (χ1) is 9.97. The molecule has 0 aliphatic heterocycles. The maximum absolute atomic E-state index is 13.7. The minimum atomic E-state index is -0.546. The van der Waals surface area contributed by atoms with Crippen molar-refractivity contribution in [2.24, 2.45) is 0 Å². The summed E-state index contributed by atoms with van der Waals surface area (Å²) in [6.07, 6.45) is -0.0677. The van der Waals surface area contributed by atoms with Gasteiger partial charge in [-0.1, -0.05) is 23.7 Å². The number of rotatable bonds is 4. The van der Waals surface area contributed by atoms with E-state index in [4.69, 9.17) is 16.3 Å². The Kier molecular flexibility index (Phi) is 4.81. The average molecular weight is 308 g/mol. The number of amides is 1. The van der Waals surface area contributed by atoms with Crippen LogP contribution in [0.3, 0.4) is 0 Å². The van der Waals surface area contributed by atoms with Gasteiger partial charge in [-0.05, 0) is 44.2 Å². The Labute approximate surface area is 127 Å². The fraction of sp³-hybridized carbons (Fsp3) is 0.188. The van der Waals surface area contributed by atoms with Crippen molar-refractivity contribution >= 4 is 23.2 Å². The molecule has 0 unspecified atom stereocenters. The third-order valence-corrected chi connectivity index (χ3v) is 2.91. The summed E-state index contributed by atoms with van der Waals surface area (Å²) in [5.74, 6) is -0.546. The number of para-hydroxylation sites is 1. The predicted molar refractivity (Wildman–Crippen MR) is 81.6 cm³/mol. The standard InChI is InChI=1S/C16H15ClFNO2/c1-10(2)21-15-6-4-3-5-12(15)16(20)19-14-9-11(17)7-8-13(14)18/h3-10H,1-2H3,(H,19,20). The molecule has 21 heavy (non-hydrogen) atoms. The van der Waals surface area contributed by atoms with Crippen LogP contribution in [0, 0.1) is 5.82 Å². The van der Waals surface area contributed by atoms with Crippen LogP contribution in [0.1, 0.15) is 24.2 Å². The van der Waals surface area contributed by atoms with E-state index in [-0.39, 0.29) is 11.8 Å². The molecule has 0 bridgehead atoms. The summed E-state index contributed by atoms with van der Waals surface area (Å²) < 4.78 is 19.2. The van der Waals surface area contributed by atoms with E-state index in [2.05, 4.69) is 5.32 Å². The summed E-state index contributed by atoms with van der Waals surface area (Å²) in [6, 6.07) is 10.8. The lowest BCUT2D eigenvalue weighted by molar-refractivity contribution is 0.102. The predicted octanol–water partition coefficient (Wildman–Crippen LogP) is 4.52. The second-order valence-electron chi connectivity index (χ2n) is 4.74. The number of carbonyl (C=O) groups excluding carboxylic acids is 1. The summed E-state index contributed by atoms with van der Waals surface area (Å²) >= 11 is 5.80. The van der Waals surface area contributed by atoms with E-state index in [1.54, 1.807) is 24.3 Å². The highest BCUT2D eigenvalue weighted by molar-refractivity contribution is 6.31. The molecule has 0 spiro atoms. The van der Waals surface area contributed by atoms with Crippen LogP contribution in [-0.4, -0.2) is 12.0 Å². The third-order valence-electron chi connectivity index (χ3n) is 2.67. The first kappa shape index (κ1) is 15.3. The molecule has 2 aromatic carbocycles. The molecular formula is C16H15ClFNO2. The molecule has 5 heteroatoms. The molecule has 110 valence electrons. The molecule has 0 atom stereocenters. The van der Waals surface area contributed by atoms with Gasteiger partial charge in [0.05, 0.1) is 17.4 Å². The highest BCUT2D eigenvalue weighted by Crippen LogP contribution is 2.23. The smallest absolute Gasteiger partial charge is 0.259 e. The minimum Gasteiger partial charge on any atom is -0.490 e. The van der Waals surface area contributed by atoms with E-state index in [9.17, 15) is 9.18 Å². The summed E-state index contributed by atoms with van der Waals surface area (Å²) in [6.45, 7) is 3.73. The van der Waals surface area contributed by atoms with Gasteiger partial charge in [0, 0.05) is 5.02 Å². The first-order valence-corrected chi connectivity index (χ1v) is 6.87. The molecule has 2 aromatic rings. The van der Waals surface area contributed by atoms with Gasteiger partial charge in [0.2, 0.25) is 0 Å². The lowest BCUT2D eigenvalue weighted by Crippen LogP contribution is -2.16. The zero-order valence-electron chi connectivity index (χ0n) is 11.7. The van der Waals surface area contributed by atoms with E-state index in [1.807, 2.05) is 13.8 Å². The maximum Gasteiger partial charge on any atom is 0.259 e. The third kappa shape index (κ3) is 3.95. The largest absolute Gasteiger partial charge is 0.490 e. The Morgan fingerprint density at radius 2 is 1.95 bits per heavy atom. The molecule has 0 aromatic heterocycles. The summed E-state index contributed by atoms with van der Waals surface area (Å²) in [4.78, 5) is 12.3. The van der Waals surface area contributed by atoms with Crippen molar-refractivity contribution in [2.75, 3.05) is 5.32 Å². The summed E-state index contributed by atoms with van der Waals surface area (Å²) in [5, 5.41) is 2.85. The van der Waals surface area contributed by atoms with Crippen molar-refractivity contribution in [1.82, 2.24) is 0 Å². The van der Waals surface area contributed by atoms with E-state index < -0.39 is 11.7 Å². The number of anilines is 1. The normalized spacial score (nSPS) is 10.5. The monoisotopic (exact) mass is 307 g/mol. The van der Waals surface area contributed by atoms with Gasteiger partial charge in [-0.25, -0.2) is 4.39 Å². The van der Waals surface area contributed by atoms with Crippen molar-refractivity contribution in [3.8, 4) is 5.75 Å². The van der Waals surface area contributed by atoms with E-state index in [0.717, 1.165) is 0 Å². The minimum absolute atomic E-state index is 0.0341. The lowest BCUT2D eigenvalue weighted by Gasteiger charge is -2.14.